The third-order valence-electron chi connectivity index (χ3n) is 2.77. The van der Waals surface area contributed by atoms with Gasteiger partial charge in [0.25, 0.3) is 0 Å². The molecule has 0 amide bonds. The molecule has 1 unspecified atom stereocenters. The molecule has 0 N–H and O–H groups in total. The Bertz CT molecular complexity index is 401. The maximum Gasteiger partial charge on any atom is 0.131 e. The second-order valence-corrected chi connectivity index (χ2v) is 3.88. The van der Waals surface area contributed by atoms with E-state index in [0.717, 1.165) is 11.4 Å². The largest absolute Gasteiger partial charge is 0.362 e. The molecule has 1 atom stereocenters. The van der Waals surface area contributed by atoms with Crippen LogP contribution in [0.2, 0.25) is 0 Å². The first kappa shape index (κ1) is 11.7. The summed E-state index contributed by atoms with van der Waals surface area (Å²) in [6.45, 7) is 2.04. The number of anilines is 2. The summed E-state index contributed by atoms with van der Waals surface area (Å²) in [5, 5.41) is 0. The predicted octanol–water partition coefficient (Wildman–Crippen LogP) is 3.82. The molecule has 0 bridgehead atoms. The van der Waals surface area contributed by atoms with Gasteiger partial charge in [0, 0.05) is 18.5 Å². The van der Waals surface area contributed by atoms with Crippen LogP contribution in [0.25, 0.3) is 0 Å². The number of ether oxygens (including phenoxy) is 1. The van der Waals surface area contributed by atoms with Crippen LogP contribution >= 0.6 is 0 Å². The van der Waals surface area contributed by atoms with Crippen LogP contribution in [0.3, 0.4) is 0 Å². The zero-order valence-electron chi connectivity index (χ0n) is 10.2. The first-order valence-electron chi connectivity index (χ1n) is 5.75. The maximum absolute atomic E-state index is 5.45. The van der Waals surface area contributed by atoms with Crippen molar-refractivity contribution in [2.45, 2.75) is 13.2 Å². The van der Waals surface area contributed by atoms with Crippen molar-refractivity contribution in [2.24, 2.45) is 0 Å². The van der Waals surface area contributed by atoms with Crippen LogP contribution in [0, 0.1) is 0 Å². The van der Waals surface area contributed by atoms with Crippen molar-refractivity contribution >= 4 is 11.4 Å². The summed E-state index contributed by atoms with van der Waals surface area (Å²) in [7, 11) is 1.73. The number of methoxy groups -OCH3 is 1. The van der Waals surface area contributed by atoms with Crippen LogP contribution in [-0.4, -0.2) is 13.3 Å². The third-order valence-corrected chi connectivity index (χ3v) is 2.77. The normalized spacial score (nSPS) is 12.1. The van der Waals surface area contributed by atoms with Crippen molar-refractivity contribution in [3.8, 4) is 0 Å². The molecule has 0 spiro atoms. The first-order valence-corrected chi connectivity index (χ1v) is 5.75. The monoisotopic (exact) mass is 227 g/mol. The van der Waals surface area contributed by atoms with Gasteiger partial charge in [-0.3, -0.25) is 0 Å². The van der Waals surface area contributed by atoms with E-state index < -0.39 is 0 Å². The molecule has 0 saturated heterocycles. The second-order valence-electron chi connectivity index (χ2n) is 3.88. The Hall–Kier alpha value is -1.80. The van der Waals surface area contributed by atoms with E-state index >= 15 is 0 Å². The van der Waals surface area contributed by atoms with Crippen LogP contribution in [0.4, 0.5) is 11.4 Å². The fourth-order valence-corrected chi connectivity index (χ4v) is 1.85. The Kier molecular flexibility index (Phi) is 3.78. The Labute approximate surface area is 102 Å². The molecular formula is C15H17NO. The van der Waals surface area contributed by atoms with E-state index in [1.54, 1.807) is 7.11 Å². The van der Waals surface area contributed by atoms with Crippen LogP contribution in [0.5, 0.6) is 0 Å². The van der Waals surface area contributed by atoms with Gasteiger partial charge in [-0.2, -0.15) is 0 Å². The molecule has 0 radical (unpaired) electrons. The molecular weight excluding hydrogens is 210 g/mol. The fraction of sp³-hybridized carbons (Fsp3) is 0.200. The van der Waals surface area contributed by atoms with E-state index in [4.69, 9.17) is 4.74 Å². The smallest absolute Gasteiger partial charge is 0.131 e. The predicted molar refractivity (Wildman–Crippen MR) is 71.5 cm³/mol. The van der Waals surface area contributed by atoms with Gasteiger partial charge in [0.15, 0.2) is 0 Å². The number of benzene rings is 2. The average molecular weight is 227 g/mol. The van der Waals surface area contributed by atoms with E-state index in [1.807, 2.05) is 43.3 Å². The number of para-hydroxylation sites is 2. The zero-order valence-corrected chi connectivity index (χ0v) is 10.2. The van der Waals surface area contributed by atoms with Gasteiger partial charge in [0.1, 0.15) is 6.23 Å². The van der Waals surface area contributed by atoms with Crippen molar-refractivity contribution in [1.29, 1.82) is 0 Å². The highest BCUT2D eigenvalue weighted by Gasteiger charge is 2.15. The summed E-state index contributed by atoms with van der Waals surface area (Å²) in [6.07, 6.45) is -0.000185. The van der Waals surface area contributed by atoms with Gasteiger partial charge in [0.05, 0.1) is 0 Å². The van der Waals surface area contributed by atoms with Crippen molar-refractivity contribution in [3.05, 3.63) is 60.7 Å². The van der Waals surface area contributed by atoms with Crippen LogP contribution in [-0.2, 0) is 4.74 Å². The fourth-order valence-electron chi connectivity index (χ4n) is 1.85. The quantitative estimate of drug-likeness (QED) is 0.736. The first-order chi connectivity index (χ1) is 8.33. The summed E-state index contributed by atoms with van der Waals surface area (Å²) in [5.74, 6) is 0. The van der Waals surface area contributed by atoms with Crippen LogP contribution in [0.1, 0.15) is 6.92 Å². The molecule has 2 aromatic rings. The summed E-state index contributed by atoms with van der Waals surface area (Å²) in [4.78, 5) is 2.17. The number of hydrogen-bond donors (Lipinski definition) is 0. The minimum absolute atomic E-state index is 0.000185. The minimum Gasteiger partial charge on any atom is -0.362 e. The summed E-state index contributed by atoms with van der Waals surface area (Å²) in [6, 6.07) is 20.5. The molecule has 0 heterocycles. The topological polar surface area (TPSA) is 12.5 Å². The van der Waals surface area contributed by atoms with Gasteiger partial charge in [0.2, 0.25) is 0 Å². The average Bonchev–Trinajstić information content (AvgIpc) is 2.41. The number of rotatable bonds is 4. The van der Waals surface area contributed by atoms with Gasteiger partial charge in [-0.25, -0.2) is 0 Å². The Morgan fingerprint density at radius 3 is 1.59 bits per heavy atom. The lowest BCUT2D eigenvalue weighted by Crippen LogP contribution is -2.29. The minimum atomic E-state index is -0.000185. The number of hydrogen-bond acceptors (Lipinski definition) is 2. The van der Waals surface area contributed by atoms with E-state index in [2.05, 4.69) is 29.2 Å². The van der Waals surface area contributed by atoms with Crippen molar-refractivity contribution in [1.82, 2.24) is 0 Å². The Morgan fingerprint density at radius 2 is 1.24 bits per heavy atom. The molecule has 0 aliphatic rings. The van der Waals surface area contributed by atoms with Gasteiger partial charge in [-0.05, 0) is 31.2 Å². The molecule has 0 saturated carbocycles. The Morgan fingerprint density at radius 1 is 0.824 bits per heavy atom. The molecule has 17 heavy (non-hydrogen) atoms. The van der Waals surface area contributed by atoms with E-state index in [1.165, 1.54) is 0 Å². The molecule has 2 heteroatoms. The second kappa shape index (κ2) is 5.51. The lowest BCUT2D eigenvalue weighted by Gasteiger charge is -2.30. The molecule has 2 nitrogen and oxygen atoms in total. The molecule has 0 aliphatic heterocycles. The highest BCUT2D eigenvalue weighted by Crippen LogP contribution is 2.27. The van der Waals surface area contributed by atoms with Crippen LogP contribution in [0.15, 0.2) is 60.7 Å². The lowest BCUT2D eigenvalue weighted by molar-refractivity contribution is 0.123. The lowest BCUT2D eigenvalue weighted by atomic mass is 10.2. The van der Waals surface area contributed by atoms with Gasteiger partial charge < -0.3 is 9.64 Å². The molecule has 0 aliphatic carbocycles. The zero-order chi connectivity index (χ0) is 12.1. The molecule has 0 aromatic heterocycles. The molecule has 2 aromatic carbocycles. The van der Waals surface area contributed by atoms with Crippen molar-refractivity contribution < 1.29 is 4.74 Å². The van der Waals surface area contributed by atoms with E-state index in [0.29, 0.717) is 0 Å². The van der Waals surface area contributed by atoms with Crippen molar-refractivity contribution in [3.63, 3.8) is 0 Å². The summed E-state index contributed by atoms with van der Waals surface area (Å²) < 4.78 is 5.45. The van der Waals surface area contributed by atoms with Gasteiger partial charge in [-0.1, -0.05) is 36.4 Å². The molecule has 2 rings (SSSR count). The third kappa shape index (κ3) is 2.66. The highest BCUT2D eigenvalue weighted by atomic mass is 16.5. The summed E-state index contributed by atoms with van der Waals surface area (Å²) in [5.41, 5.74) is 2.26. The van der Waals surface area contributed by atoms with Gasteiger partial charge >= 0.3 is 0 Å². The summed E-state index contributed by atoms with van der Waals surface area (Å²) >= 11 is 0. The Balaban J connectivity index is 2.39. The van der Waals surface area contributed by atoms with Crippen molar-refractivity contribution in [2.75, 3.05) is 12.0 Å². The van der Waals surface area contributed by atoms with E-state index in [-0.39, 0.29) is 6.23 Å². The molecule has 88 valence electrons. The maximum atomic E-state index is 5.45. The number of nitrogens with zero attached hydrogens (tertiary/aromatic N) is 1. The standard InChI is InChI=1S/C15H17NO/c1-13(17-2)16(14-9-5-3-6-10-14)15-11-7-4-8-12-15/h3-13H,1-2H3. The molecule has 0 fully saturated rings. The highest BCUT2D eigenvalue weighted by molar-refractivity contribution is 5.63. The van der Waals surface area contributed by atoms with E-state index in [9.17, 15) is 0 Å². The SMILES string of the molecule is COC(C)N(c1ccccc1)c1ccccc1. The van der Waals surface area contributed by atoms with Crippen LogP contribution < -0.4 is 4.90 Å². The van der Waals surface area contributed by atoms with Gasteiger partial charge in [-0.15, -0.1) is 0 Å².